The number of nitrogens with zero attached hydrogens (tertiary/aromatic N) is 4. The highest BCUT2D eigenvalue weighted by Gasteiger charge is 2.38. The fraction of sp³-hybridized carbons (Fsp3) is 0.610. The number of carbonyl (C=O) groups excluding carboxylic acids is 2. The zero-order valence-corrected chi connectivity index (χ0v) is 34.3. The van der Waals surface area contributed by atoms with E-state index in [1.165, 1.54) is 4.31 Å². The third-order valence-electron chi connectivity index (χ3n) is 11.6. The van der Waals surface area contributed by atoms with Crippen LogP contribution in [-0.2, 0) is 42.3 Å². The Labute approximate surface area is 337 Å². The van der Waals surface area contributed by atoms with Crippen LogP contribution in [0.25, 0.3) is 0 Å². The first-order valence-electron chi connectivity index (χ1n) is 20.1. The van der Waals surface area contributed by atoms with Crippen LogP contribution in [0, 0.1) is 11.8 Å². The maximum Gasteiger partial charge on any atom is 0.303 e. The van der Waals surface area contributed by atoms with Crippen molar-refractivity contribution in [2.24, 2.45) is 11.8 Å². The minimum absolute atomic E-state index is 0.0381. The lowest BCUT2D eigenvalue weighted by atomic mass is 9.70. The summed E-state index contributed by atoms with van der Waals surface area (Å²) in [7, 11) is -2.22. The van der Waals surface area contributed by atoms with Crippen molar-refractivity contribution in [2.45, 2.75) is 70.7 Å². The first-order chi connectivity index (χ1) is 27.0. The number of morpholine rings is 1. The molecule has 56 heavy (non-hydrogen) atoms. The molecule has 13 nitrogen and oxygen atoms in total. The lowest BCUT2D eigenvalue weighted by Crippen LogP contribution is -2.50. The minimum Gasteiger partial charge on any atom is -0.487 e. The summed E-state index contributed by atoms with van der Waals surface area (Å²) < 4.78 is 47.3. The van der Waals surface area contributed by atoms with Crippen LogP contribution in [0.4, 0.5) is 5.69 Å². The van der Waals surface area contributed by atoms with Crippen molar-refractivity contribution < 1.29 is 37.3 Å². The predicted molar refractivity (Wildman–Crippen MR) is 216 cm³/mol. The van der Waals surface area contributed by atoms with Crippen molar-refractivity contribution in [3.05, 3.63) is 70.3 Å². The zero-order valence-electron chi connectivity index (χ0n) is 32.7. The van der Waals surface area contributed by atoms with Gasteiger partial charge in [0.25, 0.3) is 5.91 Å². The summed E-state index contributed by atoms with van der Waals surface area (Å²) in [6.45, 7) is 9.33. The molecule has 3 fully saturated rings. The smallest absolute Gasteiger partial charge is 0.303 e. The van der Waals surface area contributed by atoms with E-state index in [1.807, 2.05) is 25.2 Å². The maximum absolute atomic E-state index is 13.1. The van der Waals surface area contributed by atoms with Gasteiger partial charge in [0.15, 0.2) is 6.10 Å². The Balaban J connectivity index is 1.23. The Hall–Kier alpha value is -3.24. The largest absolute Gasteiger partial charge is 0.487 e. The molecule has 0 aromatic heterocycles. The number of hydrogen-bond donors (Lipinski definition) is 2. The molecule has 2 amide bonds. The third-order valence-corrected chi connectivity index (χ3v) is 13.4. The summed E-state index contributed by atoms with van der Waals surface area (Å²) in [5.41, 5.74) is 3.22. The highest BCUT2D eigenvalue weighted by atomic mass is 35.5. The molecule has 3 heterocycles. The average Bonchev–Trinajstić information content (AvgIpc) is 3.16. The SMILES string of the molecule is CC(=O)N(C)CC/C=C/[C@H](OCCN1CCOCC1)[C@@H]1CC[C@H]1CN1CCCCc2cc(Cl)ccc2COc2ccc([C@@H](O)C(=O)NS(=O)(=O)N3CCC3)cc21. The van der Waals surface area contributed by atoms with Crippen molar-refractivity contribution in [1.29, 1.82) is 0 Å². The van der Waals surface area contributed by atoms with Crippen LogP contribution in [0.1, 0.15) is 68.2 Å². The summed E-state index contributed by atoms with van der Waals surface area (Å²) in [5, 5.41) is 11.9. The summed E-state index contributed by atoms with van der Waals surface area (Å²) in [4.78, 5) is 31.3. The topological polar surface area (TPSA) is 141 Å². The molecular weight excluding hydrogens is 758 g/mol. The average molecular weight is 816 g/mol. The van der Waals surface area contributed by atoms with Crippen molar-refractivity contribution in [2.75, 3.05) is 84.1 Å². The second kappa shape index (κ2) is 20.0. The van der Waals surface area contributed by atoms with Crippen molar-refractivity contribution >= 4 is 39.3 Å². The molecule has 2 aromatic carbocycles. The van der Waals surface area contributed by atoms with Crippen LogP contribution in [0.3, 0.4) is 0 Å². The number of hydrogen-bond acceptors (Lipinski definition) is 10. The van der Waals surface area contributed by atoms with Crippen LogP contribution in [0.5, 0.6) is 5.75 Å². The molecule has 1 aliphatic carbocycles. The van der Waals surface area contributed by atoms with Crippen LogP contribution in [0.2, 0.25) is 5.02 Å². The number of ether oxygens (including phenoxy) is 3. The van der Waals surface area contributed by atoms with E-state index in [9.17, 15) is 23.1 Å². The molecule has 0 unspecified atom stereocenters. The quantitative estimate of drug-likeness (QED) is 0.250. The number of aliphatic hydroxyl groups excluding tert-OH is 1. The summed E-state index contributed by atoms with van der Waals surface area (Å²) in [6, 6.07) is 11.0. The first-order valence-corrected chi connectivity index (χ1v) is 21.9. The number of halogens is 1. The fourth-order valence-corrected chi connectivity index (χ4v) is 9.14. The normalized spacial score (nSPS) is 22.0. The fourth-order valence-electron chi connectivity index (χ4n) is 7.71. The van der Waals surface area contributed by atoms with E-state index in [2.05, 4.69) is 26.7 Å². The number of fused-ring (bicyclic) bond motifs is 2. The molecule has 0 bridgehead atoms. The Bertz CT molecular complexity index is 1790. The molecule has 4 atom stereocenters. The molecule has 0 spiro atoms. The summed E-state index contributed by atoms with van der Waals surface area (Å²) in [6.07, 6.45) is 8.68. The van der Waals surface area contributed by atoms with Gasteiger partial charge in [0, 0.05) is 71.4 Å². The van der Waals surface area contributed by atoms with Gasteiger partial charge in [-0.15, -0.1) is 0 Å². The molecule has 308 valence electrons. The van der Waals surface area contributed by atoms with Gasteiger partial charge in [-0.2, -0.15) is 12.7 Å². The Morgan fingerprint density at radius 1 is 1.05 bits per heavy atom. The standard InChI is InChI=1S/C41H58ClN5O8S/c1-30(48)44(2)16-5-4-9-38(54-25-22-45-20-23-53-24-21-45)36-14-11-33(36)28-46-17-6-3-8-31-26-35(42)13-10-34(31)29-55-39-15-12-32(27-37(39)46)40(49)41(50)43-56(51,52)47-18-7-19-47/h4,9-10,12-13,15,26-27,33,36,38,40,49H,3,5-8,11,14,16-25,28-29H2,1-2H3,(H,43,50)/b9-4+/t33-,36+,38-,40+/m0/s1. The number of aliphatic hydroxyl groups is 1. The van der Waals surface area contributed by atoms with Crippen LogP contribution >= 0.6 is 11.6 Å². The van der Waals surface area contributed by atoms with Gasteiger partial charge in [-0.1, -0.05) is 35.9 Å². The Kier molecular flexibility index (Phi) is 15.1. The Morgan fingerprint density at radius 3 is 2.57 bits per heavy atom. The van der Waals surface area contributed by atoms with Gasteiger partial charge >= 0.3 is 10.2 Å². The maximum atomic E-state index is 13.1. The molecule has 0 radical (unpaired) electrons. The number of anilines is 1. The molecular formula is C41H58ClN5O8S. The molecule has 2 aromatic rings. The van der Waals surface area contributed by atoms with Crippen LogP contribution in [0.15, 0.2) is 48.6 Å². The monoisotopic (exact) mass is 815 g/mol. The van der Waals surface area contributed by atoms with E-state index in [1.54, 1.807) is 30.0 Å². The van der Waals surface area contributed by atoms with Gasteiger partial charge < -0.3 is 29.1 Å². The van der Waals surface area contributed by atoms with E-state index in [-0.39, 0.29) is 23.5 Å². The molecule has 15 heteroatoms. The van der Waals surface area contributed by atoms with Crippen molar-refractivity contribution in [3.8, 4) is 5.75 Å². The third kappa shape index (κ3) is 11.2. The van der Waals surface area contributed by atoms with Crippen molar-refractivity contribution in [1.82, 2.24) is 18.8 Å². The second-order valence-corrected chi connectivity index (χ2v) is 17.5. The molecule has 3 aliphatic heterocycles. The molecule has 2 saturated heterocycles. The van der Waals surface area contributed by atoms with Crippen molar-refractivity contribution in [3.63, 3.8) is 0 Å². The number of aryl methyl sites for hydroxylation is 1. The predicted octanol–water partition coefficient (Wildman–Crippen LogP) is 4.33. The van der Waals surface area contributed by atoms with Gasteiger partial charge in [-0.3, -0.25) is 14.5 Å². The van der Waals surface area contributed by atoms with Crippen LogP contribution in [-0.4, -0.2) is 125 Å². The van der Waals surface area contributed by atoms with Gasteiger partial charge in [0.05, 0.1) is 31.6 Å². The second-order valence-electron chi connectivity index (χ2n) is 15.4. The number of carbonyl (C=O) groups is 2. The first kappa shape index (κ1) is 42.4. The van der Waals surface area contributed by atoms with E-state index in [4.69, 9.17) is 25.8 Å². The minimum atomic E-state index is -4.03. The summed E-state index contributed by atoms with van der Waals surface area (Å²) in [5.74, 6) is 0.212. The highest BCUT2D eigenvalue weighted by Crippen LogP contribution is 2.42. The van der Waals surface area contributed by atoms with Gasteiger partial charge in [0.2, 0.25) is 5.91 Å². The van der Waals surface area contributed by atoms with E-state index in [0.29, 0.717) is 62.6 Å². The van der Waals surface area contributed by atoms with E-state index < -0.39 is 22.2 Å². The lowest BCUT2D eigenvalue weighted by Gasteiger charge is -2.44. The van der Waals surface area contributed by atoms with E-state index >= 15 is 0 Å². The van der Waals surface area contributed by atoms with Gasteiger partial charge in [-0.25, -0.2) is 4.72 Å². The summed E-state index contributed by atoms with van der Waals surface area (Å²) >= 11 is 6.39. The van der Waals surface area contributed by atoms with Crippen LogP contribution < -0.4 is 14.4 Å². The number of benzene rings is 2. The molecule has 2 N–H and O–H groups in total. The number of nitrogens with one attached hydrogen (secondary N) is 1. The zero-order chi connectivity index (χ0) is 39.7. The highest BCUT2D eigenvalue weighted by molar-refractivity contribution is 7.87. The number of amides is 2. The van der Waals surface area contributed by atoms with E-state index in [0.717, 1.165) is 94.6 Å². The lowest BCUT2D eigenvalue weighted by molar-refractivity contribution is -0.128. The van der Waals surface area contributed by atoms with Gasteiger partial charge in [-0.05, 0) is 97.7 Å². The van der Waals surface area contributed by atoms with Gasteiger partial charge in [0.1, 0.15) is 12.4 Å². The molecule has 1 saturated carbocycles. The Morgan fingerprint density at radius 2 is 1.86 bits per heavy atom. The molecule has 6 rings (SSSR count). The molecule has 4 aliphatic rings. The number of rotatable bonds is 15.